The Labute approximate surface area is 172 Å². The van der Waals surface area contributed by atoms with Gasteiger partial charge in [-0.1, -0.05) is 12.2 Å². The predicted molar refractivity (Wildman–Crippen MR) is 113 cm³/mol. The maximum atomic E-state index is 12.2. The molecule has 0 aliphatic carbocycles. The lowest BCUT2D eigenvalue weighted by Crippen LogP contribution is -1.92. The summed E-state index contributed by atoms with van der Waals surface area (Å²) >= 11 is 0. The fourth-order valence-electron chi connectivity index (χ4n) is 2.67. The maximum absolute atomic E-state index is 12.2. The lowest BCUT2D eigenvalue weighted by Gasteiger charge is -2.09. The molecule has 0 heterocycles. The number of hydrogen-bond donors (Lipinski definition) is 0. The van der Waals surface area contributed by atoms with E-state index in [0.717, 1.165) is 0 Å². The second kappa shape index (κ2) is 10.5. The van der Waals surface area contributed by atoms with E-state index in [1.54, 1.807) is 12.1 Å². The Morgan fingerprint density at radius 2 is 1.10 bits per heavy atom. The highest BCUT2D eigenvalue weighted by Gasteiger charge is 2.13. The van der Waals surface area contributed by atoms with Crippen molar-refractivity contribution in [2.75, 3.05) is 28.4 Å². The molecule has 0 fully saturated rings. The van der Waals surface area contributed by atoms with Gasteiger partial charge in [0, 0.05) is 0 Å². The van der Waals surface area contributed by atoms with Gasteiger partial charge in [-0.2, -0.15) is 0 Å². The molecule has 0 N–H and O–H groups in total. The first-order chi connectivity index (χ1) is 14.5. The van der Waals surface area contributed by atoms with E-state index < -0.39 is 0 Å². The number of nitrogens with zero attached hydrogens (tertiary/aromatic N) is 2. The van der Waals surface area contributed by atoms with Gasteiger partial charge in [0.2, 0.25) is 0 Å². The maximum Gasteiger partial charge on any atom is 0.190 e. The van der Waals surface area contributed by atoms with Gasteiger partial charge in [-0.15, -0.1) is 9.81 Å². The number of ether oxygens (including phenoxy) is 4. The average molecular weight is 412 g/mol. The minimum Gasteiger partial charge on any atom is -0.493 e. The van der Waals surface area contributed by atoms with Crippen LogP contribution >= 0.6 is 0 Å². The highest BCUT2D eigenvalue weighted by Crippen LogP contribution is 2.39. The van der Waals surface area contributed by atoms with Crippen LogP contribution in [0.25, 0.3) is 12.2 Å². The number of benzene rings is 2. The van der Waals surface area contributed by atoms with Crippen molar-refractivity contribution in [3.8, 4) is 23.0 Å². The summed E-state index contributed by atoms with van der Waals surface area (Å²) in [7, 11) is 5.66. The van der Waals surface area contributed by atoms with Gasteiger partial charge in [0.15, 0.2) is 40.2 Å². The fraction of sp³-hybridized carbons (Fsp3) is 0.190. The number of nitroso groups, excluding NO2 is 2. The second-order valence-electron chi connectivity index (χ2n) is 5.80. The highest BCUT2D eigenvalue weighted by molar-refractivity contribution is 6.04. The summed E-state index contributed by atoms with van der Waals surface area (Å²) in [5.74, 6) is 0.724. The molecule has 2 rings (SSSR count). The monoisotopic (exact) mass is 412 g/mol. The van der Waals surface area contributed by atoms with Crippen LogP contribution in [-0.2, 0) is 4.79 Å². The number of rotatable bonds is 10. The van der Waals surface area contributed by atoms with E-state index in [1.165, 1.54) is 64.9 Å². The molecular weight excluding hydrogens is 392 g/mol. The third-order valence-electron chi connectivity index (χ3n) is 4.04. The third kappa shape index (κ3) is 5.07. The van der Waals surface area contributed by atoms with Crippen LogP contribution in [0.4, 0.5) is 11.4 Å². The van der Waals surface area contributed by atoms with Gasteiger partial charge < -0.3 is 18.9 Å². The van der Waals surface area contributed by atoms with Crippen LogP contribution in [0.2, 0.25) is 0 Å². The topological polar surface area (TPSA) is 113 Å². The zero-order chi connectivity index (χ0) is 22.1. The molecule has 0 bridgehead atoms. The zero-order valence-corrected chi connectivity index (χ0v) is 16.9. The SMILES string of the molecule is COc1cc(/C=C/C(=O)/C=C/c2cc(N=O)c(OC)c(OC)c2)cc(N=O)c1OC. The third-order valence-corrected chi connectivity index (χ3v) is 4.04. The Bertz CT molecular complexity index is 933. The molecule has 0 saturated carbocycles. The summed E-state index contributed by atoms with van der Waals surface area (Å²) in [5.41, 5.74) is 1.17. The molecule has 2 aromatic carbocycles. The van der Waals surface area contributed by atoms with E-state index in [4.69, 9.17) is 18.9 Å². The molecule has 9 nitrogen and oxygen atoms in total. The Morgan fingerprint density at radius 1 is 0.700 bits per heavy atom. The summed E-state index contributed by atoms with van der Waals surface area (Å²) in [4.78, 5) is 34.2. The number of methoxy groups -OCH3 is 4. The van der Waals surface area contributed by atoms with E-state index in [-0.39, 0.29) is 28.7 Å². The van der Waals surface area contributed by atoms with Crippen molar-refractivity contribution in [2.45, 2.75) is 0 Å². The summed E-state index contributed by atoms with van der Waals surface area (Å²) < 4.78 is 20.6. The van der Waals surface area contributed by atoms with Crippen LogP contribution in [0.15, 0.2) is 46.8 Å². The summed E-state index contributed by atoms with van der Waals surface area (Å²) in [6, 6.07) is 6.16. The highest BCUT2D eigenvalue weighted by atomic mass is 16.5. The molecule has 0 unspecified atom stereocenters. The molecule has 9 heteroatoms. The lowest BCUT2D eigenvalue weighted by atomic mass is 10.1. The second-order valence-corrected chi connectivity index (χ2v) is 5.80. The van der Waals surface area contributed by atoms with Crippen LogP contribution in [-0.4, -0.2) is 34.2 Å². The van der Waals surface area contributed by atoms with Crippen molar-refractivity contribution in [2.24, 2.45) is 10.4 Å². The minimum atomic E-state index is -0.333. The first-order valence-corrected chi connectivity index (χ1v) is 8.60. The number of carbonyl (C=O) groups excluding carboxylic acids is 1. The average Bonchev–Trinajstić information content (AvgIpc) is 2.79. The number of ketones is 1. The molecule has 0 atom stereocenters. The molecule has 0 amide bonds. The molecule has 2 aromatic rings. The molecule has 30 heavy (non-hydrogen) atoms. The predicted octanol–water partition coefficient (Wildman–Crippen LogP) is 4.81. The standard InChI is InChI=1S/C21H20N2O7/c1-27-18-11-13(9-16(22-25)20(18)29-3)5-7-15(24)8-6-14-10-17(23-26)21(30-4)19(12-14)28-2/h5-12H,1-4H3/b7-5+,8-6+. The Morgan fingerprint density at radius 3 is 1.40 bits per heavy atom. The van der Waals surface area contributed by atoms with Gasteiger partial charge in [0.1, 0.15) is 0 Å². The van der Waals surface area contributed by atoms with Crippen LogP contribution < -0.4 is 18.9 Å². The van der Waals surface area contributed by atoms with Crippen LogP contribution in [0.3, 0.4) is 0 Å². The van der Waals surface area contributed by atoms with Gasteiger partial charge in [-0.05, 0) is 57.9 Å². The van der Waals surface area contributed by atoms with E-state index in [9.17, 15) is 14.6 Å². The normalized spacial score (nSPS) is 10.8. The van der Waals surface area contributed by atoms with E-state index >= 15 is 0 Å². The molecule has 0 spiro atoms. The van der Waals surface area contributed by atoms with Crippen molar-refractivity contribution >= 4 is 29.3 Å². The number of hydrogen-bond acceptors (Lipinski definition) is 9. The largest absolute Gasteiger partial charge is 0.493 e. The van der Waals surface area contributed by atoms with Gasteiger partial charge in [0.25, 0.3) is 0 Å². The van der Waals surface area contributed by atoms with E-state index in [2.05, 4.69) is 10.4 Å². The van der Waals surface area contributed by atoms with Crippen LogP contribution in [0.1, 0.15) is 11.1 Å². The molecule has 0 saturated heterocycles. The van der Waals surface area contributed by atoms with Crippen LogP contribution in [0, 0.1) is 9.81 Å². The van der Waals surface area contributed by atoms with Crippen molar-refractivity contribution in [3.63, 3.8) is 0 Å². The van der Waals surface area contributed by atoms with E-state index in [0.29, 0.717) is 22.6 Å². The molecular formula is C21H20N2O7. The van der Waals surface area contributed by atoms with Gasteiger partial charge in [-0.3, -0.25) is 4.79 Å². The van der Waals surface area contributed by atoms with Crippen molar-refractivity contribution in [1.29, 1.82) is 0 Å². The Hall–Kier alpha value is -4.01. The van der Waals surface area contributed by atoms with Gasteiger partial charge in [0.05, 0.1) is 28.4 Å². The van der Waals surface area contributed by atoms with Crippen LogP contribution in [0.5, 0.6) is 23.0 Å². The number of carbonyl (C=O) groups is 1. The molecule has 0 aliphatic heterocycles. The van der Waals surface area contributed by atoms with E-state index in [1.807, 2.05) is 0 Å². The summed E-state index contributed by atoms with van der Waals surface area (Å²) in [6.07, 6.45) is 5.64. The minimum absolute atomic E-state index is 0.0544. The van der Waals surface area contributed by atoms with Gasteiger partial charge in [-0.25, -0.2) is 0 Å². The van der Waals surface area contributed by atoms with Gasteiger partial charge >= 0.3 is 0 Å². The lowest BCUT2D eigenvalue weighted by molar-refractivity contribution is -0.110. The molecule has 0 aromatic heterocycles. The van der Waals surface area contributed by atoms with Crippen molar-refractivity contribution in [1.82, 2.24) is 0 Å². The fourth-order valence-corrected chi connectivity index (χ4v) is 2.67. The Balaban J connectivity index is 2.25. The molecule has 0 aliphatic rings. The smallest absolute Gasteiger partial charge is 0.190 e. The first kappa shape index (κ1) is 22.3. The Kier molecular flexibility index (Phi) is 7.81. The molecule has 156 valence electrons. The number of allylic oxidation sites excluding steroid dienone is 2. The first-order valence-electron chi connectivity index (χ1n) is 8.60. The summed E-state index contributed by atoms with van der Waals surface area (Å²) in [6.45, 7) is 0. The zero-order valence-electron chi connectivity index (χ0n) is 16.9. The molecule has 0 radical (unpaired) electrons. The van der Waals surface area contributed by atoms with Crippen molar-refractivity contribution < 1.29 is 23.7 Å². The van der Waals surface area contributed by atoms with Crippen molar-refractivity contribution in [3.05, 3.63) is 57.4 Å². The summed E-state index contributed by atoms with van der Waals surface area (Å²) in [5, 5.41) is 5.83. The quantitative estimate of drug-likeness (QED) is 0.406.